The molecule has 0 aliphatic carbocycles. The minimum absolute atomic E-state index is 0.494. The summed E-state index contributed by atoms with van der Waals surface area (Å²) in [5.74, 6) is 20.4. The Morgan fingerprint density at radius 3 is 1.08 bits per heavy atom. The lowest BCUT2D eigenvalue weighted by atomic mass is 10.3. The molecular formula is C22H10O4. The van der Waals surface area contributed by atoms with Crippen LogP contribution in [0.25, 0.3) is 0 Å². The van der Waals surface area contributed by atoms with Crippen LogP contribution in [0.15, 0.2) is 78.7 Å². The van der Waals surface area contributed by atoms with E-state index in [1.807, 2.05) is 0 Å². The average Bonchev–Trinajstić information content (AvgIpc) is 3.46. The van der Waals surface area contributed by atoms with Gasteiger partial charge in [-0.15, -0.1) is 0 Å². The van der Waals surface area contributed by atoms with Gasteiger partial charge >= 0.3 is 0 Å². The summed E-state index contributed by atoms with van der Waals surface area (Å²) < 4.78 is 21.4. The third-order valence-electron chi connectivity index (χ3n) is 3.18. The molecule has 0 radical (unpaired) electrons. The molecule has 4 rings (SSSR count). The van der Waals surface area contributed by atoms with Gasteiger partial charge in [0.1, 0.15) is 0 Å². The van der Waals surface area contributed by atoms with E-state index in [0.717, 1.165) is 0 Å². The second kappa shape index (κ2) is 7.14. The van der Waals surface area contributed by atoms with E-state index in [1.54, 1.807) is 61.1 Å². The summed E-state index contributed by atoms with van der Waals surface area (Å²) in [7, 11) is 0. The molecule has 4 heterocycles. The predicted molar refractivity (Wildman–Crippen MR) is 92.8 cm³/mol. The number of furan rings is 4. The van der Waals surface area contributed by atoms with Crippen molar-refractivity contribution in [3.05, 3.63) is 95.6 Å². The van der Waals surface area contributed by atoms with E-state index >= 15 is 0 Å². The molecular weight excluding hydrogens is 328 g/mol. The van der Waals surface area contributed by atoms with Gasteiger partial charge in [-0.3, -0.25) is 0 Å². The SMILES string of the molecule is C(#Cc1ccc(C#Cc2ccc(C#Cc3ccco3)o2)o1)c1ccco1. The fourth-order valence-electron chi connectivity index (χ4n) is 2.01. The Morgan fingerprint density at radius 2 is 0.769 bits per heavy atom. The largest absolute Gasteiger partial charge is 0.456 e. The molecule has 0 aliphatic rings. The van der Waals surface area contributed by atoms with Crippen LogP contribution in [0.3, 0.4) is 0 Å². The third kappa shape index (κ3) is 3.82. The lowest BCUT2D eigenvalue weighted by Crippen LogP contribution is -1.69. The molecule has 0 fully saturated rings. The number of rotatable bonds is 0. The quantitative estimate of drug-likeness (QED) is 0.450. The Morgan fingerprint density at radius 1 is 0.423 bits per heavy atom. The van der Waals surface area contributed by atoms with Gasteiger partial charge in [-0.05, 0) is 84.1 Å². The van der Waals surface area contributed by atoms with Gasteiger partial charge in [0.2, 0.25) is 0 Å². The topological polar surface area (TPSA) is 52.6 Å². The Kier molecular flexibility index (Phi) is 4.21. The van der Waals surface area contributed by atoms with E-state index in [1.165, 1.54) is 0 Å². The second-order valence-corrected chi connectivity index (χ2v) is 5.03. The maximum absolute atomic E-state index is 5.54. The van der Waals surface area contributed by atoms with Gasteiger partial charge in [-0.2, -0.15) is 0 Å². The molecule has 0 unspecified atom stereocenters. The van der Waals surface area contributed by atoms with Crippen molar-refractivity contribution in [2.24, 2.45) is 0 Å². The molecule has 0 saturated heterocycles. The first-order valence-electron chi connectivity index (χ1n) is 7.68. The molecule has 4 heteroatoms. The minimum atomic E-state index is 0.494. The van der Waals surface area contributed by atoms with Gasteiger partial charge in [-0.25, -0.2) is 0 Å². The van der Waals surface area contributed by atoms with Gasteiger partial charge in [-0.1, -0.05) is 0 Å². The highest BCUT2D eigenvalue weighted by Crippen LogP contribution is 2.09. The molecule has 4 aromatic heterocycles. The van der Waals surface area contributed by atoms with E-state index in [0.29, 0.717) is 34.6 Å². The van der Waals surface area contributed by atoms with Gasteiger partial charge in [0.05, 0.1) is 12.5 Å². The molecule has 0 amide bonds. The summed E-state index contributed by atoms with van der Waals surface area (Å²) in [4.78, 5) is 0. The molecule has 0 bridgehead atoms. The van der Waals surface area contributed by atoms with E-state index in [9.17, 15) is 0 Å². The van der Waals surface area contributed by atoms with Crippen LogP contribution in [-0.4, -0.2) is 0 Å². The van der Waals surface area contributed by atoms with E-state index < -0.39 is 0 Å². The van der Waals surface area contributed by atoms with Crippen molar-refractivity contribution in [1.82, 2.24) is 0 Å². The Hall–Kier alpha value is -4.20. The van der Waals surface area contributed by atoms with Crippen LogP contribution in [-0.2, 0) is 0 Å². The Bertz CT molecular complexity index is 1090. The molecule has 0 aromatic carbocycles. The van der Waals surface area contributed by atoms with Gasteiger partial charge in [0.15, 0.2) is 34.6 Å². The summed E-state index contributed by atoms with van der Waals surface area (Å²) in [6.45, 7) is 0. The van der Waals surface area contributed by atoms with Crippen LogP contribution in [0.1, 0.15) is 34.6 Å². The highest BCUT2D eigenvalue weighted by molar-refractivity contribution is 5.41. The van der Waals surface area contributed by atoms with Crippen LogP contribution in [0, 0.1) is 35.5 Å². The molecule has 0 N–H and O–H groups in total. The van der Waals surface area contributed by atoms with Crippen LogP contribution in [0.4, 0.5) is 0 Å². The zero-order valence-electron chi connectivity index (χ0n) is 13.4. The maximum Gasteiger partial charge on any atom is 0.179 e. The molecule has 4 nitrogen and oxygen atoms in total. The summed E-state index contributed by atoms with van der Waals surface area (Å²) in [5.41, 5.74) is 0. The zero-order valence-corrected chi connectivity index (χ0v) is 13.4. The van der Waals surface area contributed by atoms with Crippen LogP contribution in [0.2, 0.25) is 0 Å². The van der Waals surface area contributed by atoms with Crippen molar-refractivity contribution in [3.8, 4) is 35.5 Å². The molecule has 4 aromatic rings. The first-order valence-corrected chi connectivity index (χ1v) is 7.68. The Balaban J connectivity index is 1.45. The van der Waals surface area contributed by atoms with Crippen LogP contribution >= 0.6 is 0 Å². The standard InChI is InChI=1S/C22H10O4/c1-3-17(23-15-1)5-7-19-9-11-21(25-19)13-14-22-12-10-20(26-22)8-6-18-4-2-16-24-18/h1-4,9-12,15-16H. The van der Waals surface area contributed by atoms with Crippen LogP contribution < -0.4 is 0 Å². The van der Waals surface area contributed by atoms with Gasteiger partial charge in [0.25, 0.3) is 0 Å². The predicted octanol–water partition coefficient (Wildman–Crippen LogP) is 4.26. The molecule has 0 aliphatic heterocycles. The first kappa shape index (κ1) is 15.3. The summed E-state index contributed by atoms with van der Waals surface area (Å²) in [6, 6.07) is 14.1. The van der Waals surface area contributed by atoms with Crippen molar-refractivity contribution in [2.75, 3.05) is 0 Å². The highest BCUT2D eigenvalue weighted by atomic mass is 16.3. The third-order valence-corrected chi connectivity index (χ3v) is 3.18. The molecule has 122 valence electrons. The zero-order chi connectivity index (χ0) is 17.6. The van der Waals surface area contributed by atoms with E-state index in [4.69, 9.17) is 17.7 Å². The molecule has 26 heavy (non-hydrogen) atoms. The van der Waals surface area contributed by atoms with Gasteiger partial charge < -0.3 is 17.7 Å². The van der Waals surface area contributed by atoms with E-state index in [2.05, 4.69) is 35.5 Å². The second-order valence-electron chi connectivity index (χ2n) is 5.03. The maximum atomic E-state index is 5.54. The van der Waals surface area contributed by atoms with Gasteiger partial charge in [0, 0.05) is 0 Å². The summed E-state index contributed by atoms with van der Waals surface area (Å²) >= 11 is 0. The van der Waals surface area contributed by atoms with Crippen molar-refractivity contribution in [3.63, 3.8) is 0 Å². The average molecular weight is 338 g/mol. The normalized spacial score (nSPS) is 9.38. The van der Waals surface area contributed by atoms with Crippen LogP contribution in [0.5, 0.6) is 0 Å². The fourth-order valence-corrected chi connectivity index (χ4v) is 2.01. The van der Waals surface area contributed by atoms with Crippen molar-refractivity contribution in [2.45, 2.75) is 0 Å². The van der Waals surface area contributed by atoms with Crippen molar-refractivity contribution in [1.29, 1.82) is 0 Å². The van der Waals surface area contributed by atoms with Crippen molar-refractivity contribution >= 4 is 0 Å². The summed E-state index contributed by atoms with van der Waals surface area (Å²) in [6.07, 6.45) is 3.14. The number of hydrogen-bond acceptors (Lipinski definition) is 4. The van der Waals surface area contributed by atoms with E-state index in [-0.39, 0.29) is 0 Å². The lowest BCUT2D eigenvalue weighted by Gasteiger charge is -1.82. The highest BCUT2D eigenvalue weighted by Gasteiger charge is 1.99. The number of hydrogen-bond donors (Lipinski definition) is 0. The first-order chi connectivity index (χ1) is 12.8. The summed E-state index contributed by atoms with van der Waals surface area (Å²) in [5, 5.41) is 0. The Labute approximate surface area is 149 Å². The monoisotopic (exact) mass is 338 g/mol. The minimum Gasteiger partial charge on any atom is -0.456 e. The smallest absolute Gasteiger partial charge is 0.179 e. The lowest BCUT2D eigenvalue weighted by molar-refractivity contribution is 0.536. The molecule has 0 atom stereocenters. The molecule has 0 spiro atoms. The fraction of sp³-hybridized carbons (Fsp3) is 0. The van der Waals surface area contributed by atoms with Crippen molar-refractivity contribution < 1.29 is 17.7 Å². The molecule has 0 saturated carbocycles.